The molecule has 1 aliphatic heterocycles. The van der Waals surface area contributed by atoms with E-state index in [1.807, 2.05) is 7.05 Å². The van der Waals surface area contributed by atoms with Crippen molar-refractivity contribution in [1.82, 2.24) is 5.32 Å². The van der Waals surface area contributed by atoms with Crippen molar-refractivity contribution < 1.29 is 9.47 Å². The van der Waals surface area contributed by atoms with Crippen molar-refractivity contribution in [2.75, 3.05) is 33.6 Å². The van der Waals surface area contributed by atoms with E-state index in [-0.39, 0.29) is 0 Å². The normalized spacial score (nSPS) is 22.3. The highest BCUT2D eigenvalue weighted by Crippen LogP contribution is 2.02. The molecule has 0 aromatic carbocycles. The molecule has 3 nitrogen and oxygen atoms in total. The highest BCUT2D eigenvalue weighted by Gasteiger charge is 2.12. The first kappa shape index (κ1) is 6.99. The molecule has 0 saturated carbocycles. The summed E-state index contributed by atoms with van der Waals surface area (Å²) >= 11 is 0. The van der Waals surface area contributed by atoms with Gasteiger partial charge in [-0.1, -0.05) is 0 Å². The zero-order valence-electron chi connectivity index (χ0n) is 5.72. The Morgan fingerprint density at radius 3 is 2.67 bits per heavy atom. The first-order chi connectivity index (χ1) is 4.43. The fourth-order valence-corrected chi connectivity index (χ4v) is 0.943. The highest BCUT2D eigenvalue weighted by molar-refractivity contribution is 4.60. The van der Waals surface area contributed by atoms with Crippen molar-refractivity contribution >= 4 is 0 Å². The minimum absolute atomic E-state index is 0.472. The molecule has 0 aliphatic carbocycles. The van der Waals surface area contributed by atoms with Gasteiger partial charge >= 0.3 is 0 Å². The molecule has 0 bridgehead atoms. The van der Waals surface area contributed by atoms with Crippen molar-refractivity contribution in [3.63, 3.8) is 0 Å². The minimum atomic E-state index is 0.472. The molecular weight excluding hydrogens is 118 g/mol. The molecule has 0 radical (unpaired) electrons. The van der Waals surface area contributed by atoms with Crippen LogP contribution in [0.5, 0.6) is 0 Å². The highest BCUT2D eigenvalue weighted by atomic mass is 16.7. The standard InChI is InChI=1S/C6H13NO2/c1-7-2-6-3-8-5-9-4-6/h6-7H,2-5H2,1H3. The molecule has 0 amide bonds. The fraction of sp³-hybridized carbons (Fsp3) is 1.00. The summed E-state index contributed by atoms with van der Waals surface area (Å²) in [6, 6.07) is 0. The topological polar surface area (TPSA) is 30.5 Å². The van der Waals surface area contributed by atoms with Crippen LogP contribution in [0.4, 0.5) is 0 Å². The van der Waals surface area contributed by atoms with Gasteiger partial charge in [-0.15, -0.1) is 0 Å². The van der Waals surface area contributed by atoms with Crippen LogP contribution in [0.3, 0.4) is 0 Å². The lowest BCUT2D eigenvalue weighted by Gasteiger charge is -2.21. The van der Waals surface area contributed by atoms with Gasteiger partial charge in [0.2, 0.25) is 0 Å². The second-order valence-corrected chi connectivity index (χ2v) is 2.28. The molecule has 0 spiro atoms. The Labute approximate surface area is 55.3 Å². The number of ether oxygens (including phenoxy) is 2. The molecule has 3 heteroatoms. The summed E-state index contributed by atoms with van der Waals surface area (Å²) in [6.07, 6.45) is 0. The van der Waals surface area contributed by atoms with Crippen LogP contribution in [0.25, 0.3) is 0 Å². The maximum Gasteiger partial charge on any atom is 0.146 e. The Kier molecular flexibility index (Phi) is 2.97. The minimum Gasteiger partial charge on any atom is -0.355 e. The first-order valence-electron chi connectivity index (χ1n) is 3.23. The predicted octanol–water partition coefficient (Wildman–Crippen LogP) is -0.174. The van der Waals surface area contributed by atoms with Gasteiger partial charge in [-0.05, 0) is 7.05 Å². The van der Waals surface area contributed by atoms with Crippen LogP contribution in [0.1, 0.15) is 0 Å². The number of hydrogen-bond donors (Lipinski definition) is 1. The average molecular weight is 131 g/mol. The van der Waals surface area contributed by atoms with Gasteiger partial charge in [-0.2, -0.15) is 0 Å². The summed E-state index contributed by atoms with van der Waals surface area (Å²) in [5.41, 5.74) is 0. The Balaban J connectivity index is 2.08. The Hall–Kier alpha value is -0.120. The number of hydrogen-bond acceptors (Lipinski definition) is 3. The van der Waals surface area contributed by atoms with Crippen LogP contribution in [-0.2, 0) is 9.47 Å². The first-order valence-corrected chi connectivity index (χ1v) is 3.23. The number of nitrogens with one attached hydrogen (secondary N) is 1. The van der Waals surface area contributed by atoms with E-state index in [0.717, 1.165) is 19.8 Å². The molecule has 0 unspecified atom stereocenters. The van der Waals surface area contributed by atoms with E-state index in [1.165, 1.54) is 0 Å². The van der Waals surface area contributed by atoms with Gasteiger partial charge in [0.25, 0.3) is 0 Å². The summed E-state index contributed by atoms with van der Waals surface area (Å²) in [5, 5.41) is 3.08. The maximum atomic E-state index is 5.07. The molecule has 1 heterocycles. The molecule has 1 saturated heterocycles. The summed E-state index contributed by atoms with van der Waals surface area (Å²) < 4.78 is 10.1. The smallest absolute Gasteiger partial charge is 0.146 e. The monoisotopic (exact) mass is 131 g/mol. The second-order valence-electron chi connectivity index (χ2n) is 2.28. The van der Waals surface area contributed by atoms with Gasteiger partial charge in [0.15, 0.2) is 0 Å². The van der Waals surface area contributed by atoms with Crippen LogP contribution in [-0.4, -0.2) is 33.6 Å². The SMILES string of the molecule is CNCC1COCOC1. The molecule has 0 aromatic rings. The van der Waals surface area contributed by atoms with E-state index < -0.39 is 0 Å². The molecule has 0 aromatic heterocycles. The Bertz CT molecular complexity index is 68.7. The lowest BCUT2D eigenvalue weighted by Crippen LogP contribution is -2.31. The van der Waals surface area contributed by atoms with Crippen molar-refractivity contribution in [2.24, 2.45) is 5.92 Å². The Morgan fingerprint density at radius 1 is 1.44 bits per heavy atom. The Morgan fingerprint density at radius 2 is 2.11 bits per heavy atom. The molecule has 1 aliphatic rings. The summed E-state index contributed by atoms with van der Waals surface area (Å²) in [7, 11) is 1.94. The van der Waals surface area contributed by atoms with Crippen molar-refractivity contribution in [1.29, 1.82) is 0 Å². The zero-order valence-corrected chi connectivity index (χ0v) is 5.72. The van der Waals surface area contributed by atoms with E-state index in [0.29, 0.717) is 12.7 Å². The average Bonchev–Trinajstić information content (AvgIpc) is 1.91. The molecule has 1 N–H and O–H groups in total. The summed E-state index contributed by atoms with van der Waals surface area (Å²) in [6.45, 7) is 3.13. The van der Waals surface area contributed by atoms with E-state index >= 15 is 0 Å². The van der Waals surface area contributed by atoms with Gasteiger partial charge in [0.1, 0.15) is 6.79 Å². The predicted molar refractivity (Wildman–Crippen MR) is 34.2 cm³/mol. The molecular formula is C6H13NO2. The lowest BCUT2D eigenvalue weighted by atomic mass is 10.2. The maximum absolute atomic E-state index is 5.07. The second kappa shape index (κ2) is 3.82. The third-order valence-corrected chi connectivity index (χ3v) is 1.37. The van der Waals surface area contributed by atoms with Gasteiger partial charge < -0.3 is 14.8 Å². The van der Waals surface area contributed by atoms with Crippen molar-refractivity contribution in [3.05, 3.63) is 0 Å². The third-order valence-electron chi connectivity index (χ3n) is 1.37. The van der Waals surface area contributed by atoms with Crippen LogP contribution in [0.15, 0.2) is 0 Å². The van der Waals surface area contributed by atoms with Gasteiger partial charge in [-0.25, -0.2) is 0 Å². The van der Waals surface area contributed by atoms with E-state index in [9.17, 15) is 0 Å². The van der Waals surface area contributed by atoms with Crippen molar-refractivity contribution in [3.8, 4) is 0 Å². The van der Waals surface area contributed by atoms with E-state index in [4.69, 9.17) is 9.47 Å². The van der Waals surface area contributed by atoms with E-state index in [2.05, 4.69) is 5.32 Å². The zero-order chi connectivity index (χ0) is 6.53. The van der Waals surface area contributed by atoms with Gasteiger partial charge in [-0.3, -0.25) is 0 Å². The largest absolute Gasteiger partial charge is 0.355 e. The summed E-state index contributed by atoms with van der Waals surface area (Å²) in [4.78, 5) is 0. The van der Waals surface area contributed by atoms with Crippen molar-refractivity contribution in [2.45, 2.75) is 0 Å². The van der Waals surface area contributed by atoms with E-state index in [1.54, 1.807) is 0 Å². The van der Waals surface area contributed by atoms with Crippen LogP contribution >= 0.6 is 0 Å². The fourth-order valence-electron chi connectivity index (χ4n) is 0.943. The molecule has 1 rings (SSSR count). The molecule has 54 valence electrons. The van der Waals surface area contributed by atoms with Gasteiger partial charge in [0, 0.05) is 12.5 Å². The molecule has 9 heavy (non-hydrogen) atoms. The molecule has 0 atom stereocenters. The van der Waals surface area contributed by atoms with Crippen LogP contribution in [0.2, 0.25) is 0 Å². The third kappa shape index (κ3) is 2.30. The van der Waals surface area contributed by atoms with Gasteiger partial charge in [0.05, 0.1) is 13.2 Å². The quantitative estimate of drug-likeness (QED) is 0.564. The summed E-state index contributed by atoms with van der Waals surface area (Å²) in [5.74, 6) is 0.545. The van der Waals surface area contributed by atoms with Crippen LogP contribution < -0.4 is 5.32 Å². The molecule has 1 fully saturated rings. The van der Waals surface area contributed by atoms with Crippen LogP contribution in [0, 0.1) is 5.92 Å². The lowest BCUT2D eigenvalue weighted by molar-refractivity contribution is -0.124. The number of rotatable bonds is 2.